The summed E-state index contributed by atoms with van der Waals surface area (Å²) in [6, 6.07) is 5.59. The van der Waals surface area contributed by atoms with E-state index in [9.17, 15) is 4.39 Å². The van der Waals surface area contributed by atoms with Crippen LogP contribution in [-0.2, 0) is 6.42 Å². The van der Waals surface area contributed by atoms with Crippen LogP contribution in [0, 0.1) is 11.7 Å². The van der Waals surface area contributed by atoms with Gasteiger partial charge in [-0.2, -0.15) is 0 Å². The summed E-state index contributed by atoms with van der Waals surface area (Å²) in [5, 5.41) is 12.7. The second kappa shape index (κ2) is 5.81. The highest BCUT2D eigenvalue weighted by molar-refractivity contribution is 5.35. The summed E-state index contributed by atoms with van der Waals surface area (Å²) in [6.07, 6.45) is 2.78. The summed E-state index contributed by atoms with van der Waals surface area (Å²) >= 11 is 0. The molecule has 1 aromatic carbocycles. The summed E-state index contributed by atoms with van der Waals surface area (Å²) in [6.45, 7) is 4.49. The average molecular weight is 251 g/mol. The lowest BCUT2D eigenvalue weighted by Gasteiger charge is -2.26. The van der Waals surface area contributed by atoms with Gasteiger partial charge in [-0.1, -0.05) is 19.9 Å². The molecule has 0 radical (unpaired) electrons. The van der Waals surface area contributed by atoms with Gasteiger partial charge in [0.2, 0.25) is 0 Å². The summed E-state index contributed by atoms with van der Waals surface area (Å²) in [5.74, 6) is 0.306. The number of hydrogen-bond acceptors (Lipinski definition) is 2. The number of nitrogens with one attached hydrogen (secondary N) is 1. The Morgan fingerprint density at radius 3 is 2.89 bits per heavy atom. The molecule has 0 bridgehead atoms. The molecule has 1 aliphatic carbocycles. The number of fused-ring (bicyclic) bond motifs is 1. The molecule has 2 unspecified atom stereocenters. The van der Waals surface area contributed by atoms with Gasteiger partial charge in [0.15, 0.2) is 0 Å². The maximum atomic E-state index is 13.3. The van der Waals surface area contributed by atoms with Crippen LogP contribution in [0.4, 0.5) is 4.39 Å². The van der Waals surface area contributed by atoms with Crippen molar-refractivity contribution < 1.29 is 9.50 Å². The Balaban J connectivity index is 2.10. The lowest BCUT2D eigenvalue weighted by molar-refractivity contribution is 0.234. The van der Waals surface area contributed by atoms with Crippen LogP contribution in [0.5, 0.6) is 0 Å². The number of aliphatic hydroxyl groups is 1. The van der Waals surface area contributed by atoms with Crippen LogP contribution in [-0.4, -0.2) is 17.8 Å². The highest BCUT2D eigenvalue weighted by atomic mass is 19.1. The van der Waals surface area contributed by atoms with Gasteiger partial charge in [-0.15, -0.1) is 0 Å². The Hall–Kier alpha value is -0.930. The molecule has 2 nitrogen and oxygen atoms in total. The lowest BCUT2D eigenvalue weighted by atomic mass is 9.98. The summed E-state index contributed by atoms with van der Waals surface area (Å²) in [5.41, 5.74) is 2.35. The number of aliphatic hydroxyl groups excluding tert-OH is 1. The SMILES string of the molecule is CC(C)C(CCO)NC1CCc2ccc(F)cc21. The van der Waals surface area contributed by atoms with Crippen LogP contribution in [0.15, 0.2) is 18.2 Å². The van der Waals surface area contributed by atoms with Crippen molar-refractivity contribution in [1.29, 1.82) is 0 Å². The molecule has 1 aromatic rings. The molecule has 2 atom stereocenters. The standard InChI is InChI=1S/C15H22FNO/c1-10(2)14(7-8-18)17-15-6-4-11-3-5-12(16)9-13(11)15/h3,5,9-10,14-15,17-18H,4,6-8H2,1-2H3. The number of aryl methyl sites for hydroxylation is 1. The molecule has 0 saturated heterocycles. The Morgan fingerprint density at radius 2 is 2.22 bits per heavy atom. The van der Waals surface area contributed by atoms with Crippen LogP contribution >= 0.6 is 0 Å². The zero-order valence-corrected chi connectivity index (χ0v) is 11.1. The van der Waals surface area contributed by atoms with E-state index in [0.717, 1.165) is 24.8 Å². The normalized spacial score (nSPS) is 20.2. The van der Waals surface area contributed by atoms with E-state index in [1.807, 2.05) is 6.07 Å². The molecule has 0 aliphatic heterocycles. The second-order valence-electron chi connectivity index (χ2n) is 5.46. The zero-order chi connectivity index (χ0) is 13.1. The highest BCUT2D eigenvalue weighted by Gasteiger charge is 2.26. The second-order valence-corrected chi connectivity index (χ2v) is 5.46. The number of hydrogen-bond donors (Lipinski definition) is 2. The molecule has 1 aliphatic rings. The third kappa shape index (κ3) is 2.90. The van der Waals surface area contributed by atoms with E-state index in [1.54, 1.807) is 6.07 Å². The molecule has 18 heavy (non-hydrogen) atoms. The van der Waals surface area contributed by atoms with Crippen LogP contribution < -0.4 is 5.32 Å². The van der Waals surface area contributed by atoms with Gasteiger partial charge in [-0.05, 0) is 48.4 Å². The Morgan fingerprint density at radius 1 is 1.44 bits per heavy atom. The molecule has 0 fully saturated rings. The van der Waals surface area contributed by atoms with Crippen molar-refractivity contribution >= 4 is 0 Å². The molecule has 0 heterocycles. The van der Waals surface area contributed by atoms with E-state index in [2.05, 4.69) is 19.2 Å². The largest absolute Gasteiger partial charge is 0.396 e. The monoisotopic (exact) mass is 251 g/mol. The third-order valence-corrected chi connectivity index (χ3v) is 3.85. The molecule has 3 heteroatoms. The number of benzene rings is 1. The average Bonchev–Trinajstić information content (AvgIpc) is 2.71. The van der Waals surface area contributed by atoms with Crippen LogP contribution in [0.1, 0.15) is 43.9 Å². The summed E-state index contributed by atoms with van der Waals surface area (Å²) in [7, 11) is 0. The van der Waals surface area contributed by atoms with Gasteiger partial charge in [-0.3, -0.25) is 0 Å². The van der Waals surface area contributed by atoms with Gasteiger partial charge >= 0.3 is 0 Å². The van der Waals surface area contributed by atoms with Crippen molar-refractivity contribution in [2.24, 2.45) is 5.92 Å². The van der Waals surface area contributed by atoms with Gasteiger partial charge in [0, 0.05) is 18.7 Å². The maximum absolute atomic E-state index is 13.3. The fourth-order valence-corrected chi connectivity index (χ4v) is 2.75. The molecule has 0 aromatic heterocycles. The predicted octanol–water partition coefficient (Wildman–Crippen LogP) is 2.81. The first-order valence-corrected chi connectivity index (χ1v) is 6.77. The molecule has 0 saturated carbocycles. The van der Waals surface area contributed by atoms with Crippen molar-refractivity contribution in [3.8, 4) is 0 Å². The maximum Gasteiger partial charge on any atom is 0.123 e. The van der Waals surface area contributed by atoms with Crippen molar-refractivity contribution in [2.45, 2.75) is 45.2 Å². The molecular weight excluding hydrogens is 229 g/mol. The molecule has 0 spiro atoms. The van der Waals surface area contributed by atoms with Gasteiger partial charge in [0.05, 0.1) is 0 Å². The first-order chi connectivity index (χ1) is 8.61. The number of halogens is 1. The minimum absolute atomic E-state index is 0.161. The zero-order valence-electron chi connectivity index (χ0n) is 11.1. The van der Waals surface area contributed by atoms with Crippen molar-refractivity contribution in [1.82, 2.24) is 5.32 Å². The minimum atomic E-state index is -0.161. The molecule has 2 rings (SSSR count). The van der Waals surface area contributed by atoms with Crippen LogP contribution in [0.25, 0.3) is 0 Å². The number of rotatable bonds is 5. The fourth-order valence-electron chi connectivity index (χ4n) is 2.75. The van der Waals surface area contributed by atoms with Crippen molar-refractivity contribution in [2.75, 3.05) is 6.61 Å². The molecule has 100 valence electrons. The van der Waals surface area contributed by atoms with Gasteiger partial charge in [-0.25, -0.2) is 4.39 Å². The van der Waals surface area contributed by atoms with Gasteiger partial charge < -0.3 is 10.4 Å². The van der Waals surface area contributed by atoms with Crippen LogP contribution in [0.3, 0.4) is 0 Å². The lowest BCUT2D eigenvalue weighted by Crippen LogP contribution is -2.36. The Kier molecular flexibility index (Phi) is 4.36. The highest BCUT2D eigenvalue weighted by Crippen LogP contribution is 2.32. The van der Waals surface area contributed by atoms with Crippen molar-refractivity contribution in [3.63, 3.8) is 0 Å². The summed E-state index contributed by atoms with van der Waals surface area (Å²) in [4.78, 5) is 0. The van der Waals surface area contributed by atoms with E-state index in [0.29, 0.717) is 5.92 Å². The first-order valence-electron chi connectivity index (χ1n) is 6.77. The topological polar surface area (TPSA) is 32.3 Å². The molecular formula is C15H22FNO. The van der Waals surface area contributed by atoms with E-state index < -0.39 is 0 Å². The van der Waals surface area contributed by atoms with Gasteiger partial charge in [0.1, 0.15) is 5.82 Å². The van der Waals surface area contributed by atoms with E-state index in [-0.39, 0.29) is 24.5 Å². The van der Waals surface area contributed by atoms with E-state index in [4.69, 9.17) is 5.11 Å². The van der Waals surface area contributed by atoms with E-state index in [1.165, 1.54) is 11.6 Å². The third-order valence-electron chi connectivity index (χ3n) is 3.85. The van der Waals surface area contributed by atoms with E-state index >= 15 is 0 Å². The smallest absolute Gasteiger partial charge is 0.123 e. The fraction of sp³-hybridized carbons (Fsp3) is 0.600. The van der Waals surface area contributed by atoms with Crippen LogP contribution in [0.2, 0.25) is 0 Å². The minimum Gasteiger partial charge on any atom is -0.396 e. The Bertz CT molecular complexity index is 405. The van der Waals surface area contributed by atoms with Crippen molar-refractivity contribution in [3.05, 3.63) is 35.1 Å². The molecule has 2 N–H and O–H groups in total. The summed E-state index contributed by atoms with van der Waals surface area (Å²) < 4.78 is 13.3. The molecule has 0 amide bonds. The first kappa shape index (κ1) is 13.5. The van der Waals surface area contributed by atoms with Gasteiger partial charge in [0.25, 0.3) is 0 Å². The predicted molar refractivity (Wildman–Crippen MR) is 70.9 cm³/mol. The Labute approximate surface area is 108 Å². The quantitative estimate of drug-likeness (QED) is 0.843.